The van der Waals surface area contributed by atoms with Crippen molar-refractivity contribution >= 4 is 5.91 Å². The third-order valence-corrected chi connectivity index (χ3v) is 4.93. The molecule has 0 radical (unpaired) electrons. The Morgan fingerprint density at radius 1 is 1.20 bits per heavy atom. The molecule has 0 bridgehead atoms. The average Bonchev–Trinajstić information content (AvgIpc) is 2.39. The highest BCUT2D eigenvalue weighted by atomic mass is 16.2. The summed E-state index contributed by atoms with van der Waals surface area (Å²) in [4.78, 5) is 14.3. The molecular formula is C17H34N2O. The van der Waals surface area contributed by atoms with Gasteiger partial charge in [0.25, 0.3) is 0 Å². The number of rotatable bonds is 6. The van der Waals surface area contributed by atoms with Gasteiger partial charge in [-0.3, -0.25) is 4.79 Å². The summed E-state index contributed by atoms with van der Waals surface area (Å²) in [6, 6.07) is 0.430. The van der Waals surface area contributed by atoms with Crippen molar-refractivity contribution in [3.05, 3.63) is 0 Å². The van der Waals surface area contributed by atoms with Gasteiger partial charge in [-0.1, -0.05) is 27.2 Å². The van der Waals surface area contributed by atoms with Crippen LogP contribution in [-0.2, 0) is 4.79 Å². The molecule has 0 aromatic carbocycles. The summed E-state index contributed by atoms with van der Waals surface area (Å²) in [6.07, 6.45) is 3.83. The molecule has 0 aliphatic heterocycles. The Kier molecular flexibility index (Phi) is 7.01. The van der Waals surface area contributed by atoms with E-state index in [4.69, 9.17) is 0 Å². The van der Waals surface area contributed by atoms with E-state index >= 15 is 0 Å². The van der Waals surface area contributed by atoms with E-state index in [2.05, 4.69) is 26.1 Å². The van der Waals surface area contributed by atoms with Crippen molar-refractivity contribution in [2.75, 3.05) is 13.1 Å². The molecule has 20 heavy (non-hydrogen) atoms. The van der Waals surface area contributed by atoms with Crippen molar-refractivity contribution < 1.29 is 4.79 Å². The Balaban J connectivity index is 2.65. The maximum atomic E-state index is 12.4. The molecule has 0 saturated heterocycles. The minimum atomic E-state index is -0.0635. The first-order valence-electron chi connectivity index (χ1n) is 8.45. The van der Waals surface area contributed by atoms with Crippen LogP contribution in [0, 0.1) is 17.8 Å². The molecular weight excluding hydrogens is 248 g/mol. The van der Waals surface area contributed by atoms with Crippen LogP contribution in [0.3, 0.4) is 0 Å². The molecule has 1 amide bonds. The van der Waals surface area contributed by atoms with Gasteiger partial charge in [-0.25, -0.2) is 0 Å². The van der Waals surface area contributed by atoms with Crippen LogP contribution in [0.25, 0.3) is 0 Å². The van der Waals surface area contributed by atoms with Gasteiger partial charge in [0.1, 0.15) is 0 Å². The molecule has 0 aromatic rings. The first kappa shape index (κ1) is 17.5. The van der Waals surface area contributed by atoms with Crippen LogP contribution in [0.15, 0.2) is 0 Å². The number of carbonyl (C=O) groups excluding carboxylic acids is 1. The number of hydrogen-bond acceptors (Lipinski definition) is 2. The number of nitrogens with zero attached hydrogens (tertiary/aromatic N) is 1. The van der Waals surface area contributed by atoms with Gasteiger partial charge in [-0.05, 0) is 51.4 Å². The van der Waals surface area contributed by atoms with Gasteiger partial charge in [0.15, 0.2) is 0 Å². The van der Waals surface area contributed by atoms with Crippen LogP contribution < -0.4 is 5.32 Å². The van der Waals surface area contributed by atoms with E-state index in [1.165, 1.54) is 19.3 Å². The minimum Gasteiger partial charge on any atom is -0.342 e. The molecule has 0 spiro atoms. The molecule has 118 valence electrons. The van der Waals surface area contributed by atoms with E-state index in [-0.39, 0.29) is 11.9 Å². The molecule has 1 saturated carbocycles. The maximum absolute atomic E-state index is 12.4. The molecule has 1 fully saturated rings. The Labute approximate surface area is 125 Å². The summed E-state index contributed by atoms with van der Waals surface area (Å²) >= 11 is 0. The van der Waals surface area contributed by atoms with E-state index in [1.807, 2.05) is 25.7 Å². The molecule has 1 aliphatic rings. The van der Waals surface area contributed by atoms with Crippen molar-refractivity contribution in [1.29, 1.82) is 0 Å². The highest BCUT2D eigenvalue weighted by Crippen LogP contribution is 2.33. The third-order valence-electron chi connectivity index (χ3n) is 4.93. The maximum Gasteiger partial charge on any atom is 0.239 e. The second kappa shape index (κ2) is 8.02. The predicted octanol–water partition coefficient (Wildman–Crippen LogP) is 3.29. The number of likely N-dealkylation sites (N-methyl/N-ethyl adjacent to an activating group) is 1. The second-order valence-corrected chi connectivity index (χ2v) is 6.83. The molecule has 4 atom stereocenters. The Morgan fingerprint density at radius 3 is 2.30 bits per heavy atom. The van der Waals surface area contributed by atoms with E-state index in [1.54, 1.807) is 0 Å². The summed E-state index contributed by atoms with van der Waals surface area (Å²) in [5.41, 5.74) is 0. The number of nitrogens with one attached hydrogen (secondary N) is 1. The van der Waals surface area contributed by atoms with Crippen LogP contribution in [-0.4, -0.2) is 36.0 Å². The molecule has 0 heterocycles. The lowest BCUT2D eigenvalue weighted by atomic mass is 9.74. The summed E-state index contributed by atoms with van der Waals surface area (Å²) in [5.74, 6) is 2.42. The Bertz CT molecular complexity index is 299. The van der Waals surface area contributed by atoms with Crippen LogP contribution in [0.2, 0.25) is 0 Å². The largest absolute Gasteiger partial charge is 0.342 e. The summed E-state index contributed by atoms with van der Waals surface area (Å²) in [6.45, 7) is 14.7. The second-order valence-electron chi connectivity index (χ2n) is 6.83. The first-order chi connectivity index (χ1) is 9.40. The Hall–Kier alpha value is -0.570. The van der Waals surface area contributed by atoms with E-state index in [0.29, 0.717) is 17.9 Å². The van der Waals surface area contributed by atoms with Crippen molar-refractivity contribution in [2.45, 2.75) is 72.9 Å². The fraction of sp³-hybridized carbons (Fsp3) is 0.941. The number of carbonyl (C=O) groups is 1. The van der Waals surface area contributed by atoms with Crippen LogP contribution in [0.4, 0.5) is 0 Å². The van der Waals surface area contributed by atoms with E-state index in [0.717, 1.165) is 19.0 Å². The molecule has 1 aliphatic carbocycles. The monoisotopic (exact) mass is 282 g/mol. The first-order valence-corrected chi connectivity index (χ1v) is 8.45. The topological polar surface area (TPSA) is 32.3 Å². The Morgan fingerprint density at radius 2 is 1.80 bits per heavy atom. The summed E-state index contributed by atoms with van der Waals surface area (Å²) in [7, 11) is 0. The molecule has 4 unspecified atom stereocenters. The van der Waals surface area contributed by atoms with Gasteiger partial charge >= 0.3 is 0 Å². The van der Waals surface area contributed by atoms with Crippen LogP contribution in [0.1, 0.15) is 60.8 Å². The third kappa shape index (κ3) is 4.47. The lowest BCUT2D eigenvalue weighted by Crippen LogP contribution is -2.52. The van der Waals surface area contributed by atoms with Gasteiger partial charge in [-0.2, -0.15) is 0 Å². The molecule has 0 aromatic heterocycles. The SMILES string of the molecule is CCN(CC)C(=O)C(C)NC1CC(C)CCC1C(C)C. The zero-order chi connectivity index (χ0) is 15.3. The van der Waals surface area contributed by atoms with Crippen molar-refractivity contribution in [2.24, 2.45) is 17.8 Å². The summed E-state index contributed by atoms with van der Waals surface area (Å²) in [5, 5.41) is 3.64. The van der Waals surface area contributed by atoms with Crippen LogP contribution in [0.5, 0.6) is 0 Å². The quantitative estimate of drug-likeness (QED) is 0.811. The van der Waals surface area contributed by atoms with Gasteiger partial charge in [0, 0.05) is 19.1 Å². The van der Waals surface area contributed by atoms with Gasteiger partial charge in [0.2, 0.25) is 5.91 Å². The number of hydrogen-bond donors (Lipinski definition) is 1. The molecule has 1 rings (SSSR count). The zero-order valence-electron chi connectivity index (χ0n) is 14.3. The smallest absolute Gasteiger partial charge is 0.239 e. The highest BCUT2D eigenvalue weighted by molar-refractivity contribution is 5.81. The van der Waals surface area contributed by atoms with E-state index < -0.39 is 0 Å². The van der Waals surface area contributed by atoms with Crippen molar-refractivity contribution in [1.82, 2.24) is 10.2 Å². The van der Waals surface area contributed by atoms with Gasteiger partial charge < -0.3 is 10.2 Å². The fourth-order valence-electron chi connectivity index (χ4n) is 3.60. The van der Waals surface area contributed by atoms with Gasteiger partial charge in [-0.15, -0.1) is 0 Å². The van der Waals surface area contributed by atoms with Gasteiger partial charge in [0.05, 0.1) is 6.04 Å². The number of amides is 1. The molecule has 3 heteroatoms. The fourth-order valence-corrected chi connectivity index (χ4v) is 3.60. The van der Waals surface area contributed by atoms with Crippen molar-refractivity contribution in [3.8, 4) is 0 Å². The standard InChI is InChI=1S/C17H34N2O/c1-7-19(8-2)17(20)14(6)18-16-11-13(5)9-10-15(16)12(3)4/h12-16,18H,7-11H2,1-6H3. The minimum absolute atomic E-state index is 0.0635. The van der Waals surface area contributed by atoms with Crippen molar-refractivity contribution in [3.63, 3.8) is 0 Å². The van der Waals surface area contributed by atoms with Crippen LogP contribution >= 0.6 is 0 Å². The lowest BCUT2D eigenvalue weighted by molar-refractivity contribution is -0.133. The predicted molar refractivity (Wildman–Crippen MR) is 85.7 cm³/mol. The zero-order valence-corrected chi connectivity index (χ0v) is 14.3. The van der Waals surface area contributed by atoms with E-state index in [9.17, 15) is 4.79 Å². The average molecular weight is 282 g/mol. The normalized spacial score (nSPS) is 28.4. The highest BCUT2D eigenvalue weighted by Gasteiger charge is 2.32. The molecule has 3 nitrogen and oxygen atoms in total. The summed E-state index contributed by atoms with van der Waals surface area (Å²) < 4.78 is 0. The lowest BCUT2D eigenvalue weighted by Gasteiger charge is -2.39. The molecule has 1 N–H and O–H groups in total.